The van der Waals surface area contributed by atoms with Crippen molar-refractivity contribution >= 4 is 5.69 Å². The van der Waals surface area contributed by atoms with Crippen LogP contribution in [0.2, 0.25) is 0 Å². The predicted octanol–water partition coefficient (Wildman–Crippen LogP) is 2.14. The third kappa shape index (κ3) is 4.64. The number of alkyl halides is 2. The average Bonchev–Trinajstić information content (AvgIpc) is 2.35. The highest BCUT2D eigenvalue weighted by Crippen LogP contribution is 2.25. The smallest absolute Gasteiger partial charge is 0.255 e. The summed E-state index contributed by atoms with van der Waals surface area (Å²) in [5, 5.41) is 11.7. The van der Waals surface area contributed by atoms with E-state index in [1.54, 1.807) is 0 Å². The summed E-state index contributed by atoms with van der Waals surface area (Å²) in [6, 6.07) is 2.22. The molecular formula is C13H18F4N2O. The summed E-state index contributed by atoms with van der Waals surface area (Å²) in [5.74, 6) is -1.82. The van der Waals surface area contributed by atoms with E-state index in [0.717, 1.165) is 17.0 Å². The molecule has 1 rings (SSSR count). The van der Waals surface area contributed by atoms with Crippen molar-refractivity contribution in [2.24, 2.45) is 0 Å². The molecule has 7 heteroatoms. The minimum absolute atomic E-state index is 0.259. The first-order chi connectivity index (χ1) is 9.49. The molecule has 0 saturated heterocycles. The molecule has 1 aromatic carbocycles. The first kappa shape index (κ1) is 16.7. The average molecular weight is 294 g/mol. The second-order valence-corrected chi connectivity index (χ2v) is 4.25. The first-order valence-corrected chi connectivity index (χ1v) is 6.32. The molecule has 0 bridgehead atoms. The number of hydrogen-bond acceptors (Lipinski definition) is 3. The van der Waals surface area contributed by atoms with E-state index < -0.39 is 36.9 Å². The van der Waals surface area contributed by atoms with E-state index in [-0.39, 0.29) is 6.54 Å². The van der Waals surface area contributed by atoms with Crippen molar-refractivity contribution < 1.29 is 22.7 Å². The molecule has 20 heavy (non-hydrogen) atoms. The van der Waals surface area contributed by atoms with E-state index in [0.29, 0.717) is 18.7 Å². The zero-order chi connectivity index (χ0) is 15.1. The molecule has 2 N–H and O–H groups in total. The molecule has 0 atom stereocenters. The van der Waals surface area contributed by atoms with Crippen molar-refractivity contribution in [3.63, 3.8) is 0 Å². The molecule has 0 aliphatic carbocycles. The van der Waals surface area contributed by atoms with Crippen molar-refractivity contribution in [1.29, 1.82) is 0 Å². The van der Waals surface area contributed by atoms with Gasteiger partial charge in [-0.15, -0.1) is 0 Å². The lowest BCUT2D eigenvalue weighted by molar-refractivity contribution is 0.152. The number of hydrogen-bond donors (Lipinski definition) is 2. The summed E-state index contributed by atoms with van der Waals surface area (Å²) in [6.45, 7) is 1.23. The van der Waals surface area contributed by atoms with Gasteiger partial charge in [-0.05, 0) is 24.2 Å². The Hall–Kier alpha value is -1.34. The SMILES string of the molecule is CCNCc1cc(F)c(N(CCO)CC(F)F)c(F)c1. The van der Waals surface area contributed by atoms with Crippen LogP contribution in [0.25, 0.3) is 0 Å². The van der Waals surface area contributed by atoms with Crippen LogP contribution < -0.4 is 10.2 Å². The number of anilines is 1. The Morgan fingerprint density at radius 3 is 2.30 bits per heavy atom. The van der Waals surface area contributed by atoms with E-state index in [2.05, 4.69) is 5.32 Å². The van der Waals surface area contributed by atoms with Crippen LogP contribution >= 0.6 is 0 Å². The zero-order valence-corrected chi connectivity index (χ0v) is 11.2. The minimum Gasteiger partial charge on any atom is -0.395 e. The van der Waals surface area contributed by atoms with Gasteiger partial charge in [0, 0.05) is 13.1 Å². The lowest BCUT2D eigenvalue weighted by Crippen LogP contribution is -2.33. The summed E-state index contributed by atoms with van der Waals surface area (Å²) in [6.07, 6.45) is -2.75. The lowest BCUT2D eigenvalue weighted by Gasteiger charge is -2.24. The van der Waals surface area contributed by atoms with Crippen LogP contribution in [0.15, 0.2) is 12.1 Å². The first-order valence-electron chi connectivity index (χ1n) is 6.32. The third-order valence-corrected chi connectivity index (χ3v) is 2.70. The molecule has 0 spiro atoms. The van der Waals surface area contributed by atoms with Crippen LogP contribution in [0.1, 0.15) is 12.5 Å². The molecule has 0 amide bonds. The Labute approximate surface area is 115 Å². The molecule has 0 aliphatic heterocycles. The van der Waals surface area contributed by atoms with E-state index >= 15 is 0 Å². The Morgan fingerprint density at radius 2 is 1.85 bits per heavy atom. The maximum Gasteiger partial charge on any atom is 0.255 e. The molecule has 0 fully saturated rings. The maximum atomic E-state index is 13.9. The van der Waals surface area contributed by atoms with Crippen molar-refractivity contribution in [2.45, 2.75) is 19.9 Å². The fraction of sp³-hybridized carbons (Fsp3) is 0.538. The Kier molecular flexibility index (Phi) is 6.74. The number of aliphatic hydroxyl groups is 1. The van der Waals surface area contributed by atoms with E-state index in [4.69, 9.17) is 5.11 Å². The normalized spacial score (nSPS) is 11.2. The number of aliphatic hydroxyl groups excluding tert-OH is 1. The van der Waals surface area contributed by atoms with Gasteiger partial charge >= 0.3 is 0 Å². The topological polar surface area (TPSA) is 35.5 Å². The van der Waals surface area contributed by atoms with Crippen molar-refractivity contribution in [2.75, 3.05) is 31.1 Å². The fourth-order valence-corrected chi connectivity index (χ4v) is 1.87. The summed E-state index contributed by atoms with van der Waals surface area (Å²) in [4.78, 5) is 0.812. The van der Waals surface area contributed by atoms with Gasteiger partial charge in [0.15, 0.2) is 0 Å². The molecule has 1 aromatic rings. The molecule has 0 unspecified atom stereocenters. The second-order valence-electron chi connectivity index (χ2n) is 4.25. The van der Waals surface area contributed by atoms with Gasteiger partial charge in [0.1, 0.15) is 17.3 Å². The van der Waals surface area contributed by atoms with Crippen LogP contribution in [-0.2, 0) is 6.54 Å². The molecule has 0 aliphatic rings. The van der Waals surface area contributed by atoms with Crippen LogP contribution in [-0.4, -0.2) is 37.8 Å². The molecule has 0 saturated carbocycles. The van der Waals surface area contributed by atoms with Crippen molar-refractivity contribution in [1.82, 2.24) is 5.32 Å². The molecular weight excluding hydrogens is 276 g/mol. The number of nitrogens with one attached hydrogen (secondary N) is 1. The molecule has 0 aromatic heterocycles. The summed E-state index contributed by atoms with van der Waals surface area (Å²) in [7, 11) is 0. The standard InChI is InChI=1S/C13H18F4N2O/c1-2-18-7-9-5-10(14)13(11(15)6-9)19(3-4-20)8-12(16)17/h5-6,12,18,20H,2-4,7-8H2,1H3. The van der Waals surface area contributed by atoms with Gasteiger partial charge in [0.25, 0.3) is 6.43 Å². The summed E-state index contributed by atoms with van der Waals surface area (Å²) < 4.78 is 52.7. The maximum absolute atomic E-state index is 13.9. The van der Waals surface area contributed by atoms with Crippen molar-refractivity contribution in [3.8, 4) is 0 Å². The lowest BCUT2D eigenvalue weighted by atomic mass is 10.1. The monoisotopic (exact) mass is 294 g/mol. The second kappa shape index (κ2) is 8.06. The number of rotatable bonds is 8. The van der Waals surface area contributed by atoms with E-state index in [9.17, 15) is 17.6 Å². The van der Waals surface area contributed by atoms with Crippen LogP contribution in [0.4, 0.5) is 23.2 Å². The zero-order valence-electron chi connectivity index (χ0n) is 11.2. The Balaban J connectivity index is 3.02. The number of benzene rings is 1. The fourth-order valence-electron chi connectivity index (χ4n) is 1.87. The number of halogens is 4. The predicted molar refractivity (Wildman–Crippen MR) is 69.0 cm³/mol. The van der Waals surface area contributed by atoms with Gasteiger partial charge in [-0.25, -0.2) is 17.6 Å². The number of nitrogens with zero attached hydrogens (tertiary/aromatic N) is 1. The summed E-state index contributed by atoms with van der Waals surface area (Å²) >= 11 is 0. The van der Waals surface area contributed by atoms with Crippen LogP contribution in [0.5, 0.6) is 0 Å². The quantitative estimate of drug-likeness (QED) is 0.721. The molecule has 114 valence electrons. The van der Waals surface area contributed by atoms with Crippen LogP contribution in [0, 0.1) is 11.6 Å². The van der Waals surface area contributed by atoms with E-state index in [1.165, 1.54) is 0 Å². The van der Waals surface area contributed by atoms with Crippen LogP contribution in [0.3, 0.4) is 0 Å². The minimum atomic E-state index is -2.75. The van der Waals surface area contributed by atoms with Gasteiger partial charge < -0.3 is 15.3 Å². The largest absolute Gasteiger partial charge is 0.395 e. The third-order valence-electron chi connectivity index (χ3n) is 2.70. The van der Waals surface area contributed by atoms with Gasteiger partial charge in [-0.1, -0.05) is 6.92 Å². The van der Waals surface area contributed by atoms with Gasteiger partial charge in [0.05, 0.1) is 13.2 Å². The molecule has 0 radical (unpaired) electrons. The highest BCUT2D eigenvalue weighted by atomic mass is 19.3. The van der Waals surface area contributed by atoms with E-state index in [1.807, 2.05) is 6.92 Å². The molecule has 3 nitrogen and oxygen atoms in total. The van der Waals surface area contributed by atoms with Gasteiger partial charge in [-0.3, -0.25) is 0 Å². The highest BCUT2D eigenvalue weighted by molar-refractivity contribution is 5.51. The Bertz CT molecular complexity index is 406. The molecule has 0 heterocycles. The highest BCUT2D eigenvalue weighted by Gasteiger charge is 2.20. The van der Waals surface area contributed by atoms with Gasteiger partial charge in [0.2, 0.25) is 0 Å². The summed E-state index contributed by atoms with van der Waals surface area (Å²) in [5.41, 5.74) is -0.133. The van der Waals surface area contributed by atoms with Crippen molar-refractivity contribution in [3.05, 3.63) is 29.3 Å². The van der Waals surface area contributed by atoms with Gasteiger partial charge in [-0.2, -0.15) is 0 Å². The Morgan fingerprint density at radius 1 is 1.25 bits per heavy atom.